The Labute approximate surface area is 141 Å². The van der Waals surface area contributed by atoms with E-state index in [2.05, 4.69) is 26.8 Å². The highest BCUT2D eigenvalue weighted by molar-refractivity contribution is 9.10. The highest BCUT2D eigenvalue weighted by atomic mass is 79.9. The highest BCUT2D eigenvalue weighted by Gasteiger charge is 2.08. The molecular weight excluding hydrogens is 364 g/mol. The third kappa shape index (κ3) is 5.30. The second-order valence-corrected chi connectivity index (χ2v) is 5.39. The van der Waals surface area contributed by atoms with Crippen molar-refractivity contribution < 1.29 is 19.1 Å². The van der Waals surface area contributed by atoms with Crippen LogP contribution in [0.15, 0.2) is 53.0 Å². The van der Waals surface area contributed by atoms with Crippen molar-refractivity contribution in [3.8, 4) is 11.5 Å². The van der Waals surface area contributed by atoms with Crippen LogP contribution in [0.25, 0.3) is 0 Å². The van der Waals surface area contributed by atoms with Crippen LogP contribution in [0, 0.1) is 0 Å². The van der Waals surface area contributed by atoms with Crippen LogP contribution < -0.4 is 20.3 Å². The molecule has 0 aliphatic heterocycles. The first-order valence-corrected chi connectivity index (χ1v) is 7.49. The number of hydrogen-bond donors (Lipinski definition) is 2. The van der Waals surface area contributed by atoms with E-state index in [9.17, 15) is 9.59 Å². The molecule has 0 atom stereocenters. The Balaban J connectivity index is 1.79. The van der Waals surface area contributed by atoms with E-state index in [0.717, 1.165) is 4.47 Å². The second kappa shape index (κ2) is 8.19. The number of carbonyl (C=O) groups is 2. The van der Waals surface area contributed by atoms with Crippen LogP contribution in [0.5, 0.6) is 11.5 Å². The second-order valence-electron chi connectivity index (χ2n) is 4.48. The van der Waals surface area contributed by atoms with Gasteiger partial charge in [0.1, 0.15) is 11.5 Å². The molecule has 2 aromatic rings. The number of rotatable bonds is 5. The summed E-state index contributed by atoms with van der Waals surface area (Å²) in [6.07, 6.45) is 0. The molecule has 0 radical (unpaired) electrons. The minimum Gasteiger partial charge on any atom is -0.497 e. The summed E-state index contributed by atoms with van der Waals surface area (Å²) in [5, 5.41) is 0. The molecule has 0 aliphatic rings. The molecule has 120 valence electrons. The van der Waals surface area contributed by atoms with Crippen LogP contribution >= 0.6 is 15.9 Å². The molecule has 2 rings (SSSR count). The lowest BCUT2D eigenvalue weighted by atomic mass is 10.2. The number of carbonyl (C=O) groups excluding carboxylic acids is 2. The van der Waals surface area contributed by atoms with E-state index in [1.807, 2.05) is 0 Å². The molecule has 0 bridgehead atoms. The molecule has 0 spiro atoms. The summed E-state index contributed by atoms with van der Waals surface area (Å²) in [6.45, 7) is -0.208. The fourth-order valence-electron chi connectivity index (χ4n) is 1.68. The molecule has 0 fully saturated rings. The Kier molecular flexibility index (Phi) is 5.99. The summed E-state index contributed by atoms with van der Waals surface area (Å²) < 4.78 is 11.2. The lowest BCUT2D eigenvalue weighted by Gasteiger charge is -2.09. The van der Waals surface area contributed by atoms with Crippen LogP contribution in [-0.2, 0) is 4.79 Å². The average Bonchev–Trinajstić information content (AvgIpc) is 2.59. The smallest absolute Gasteiger partial charge is 0.276 e. The Morgan fingerprint density at radius 3 is 2.48 bits per heavy atom. The van der Waals surface area contributed by atoms with Gasteiger partial charge in [0.15, 0.2) is 6.61 Å². The van der Waals surface area contributed by atoms with Gasteiger partial charge in [-0.15, -0.1) is 0 Å². The molecule has 7 heteroatoms. The van der Waals surface area contributed by atoms with Crippen molar-refractivity contribution in [2.75, 3.05) is 13.7 Å². The third-order valence-corrected chi connectivity index (χ3v) is 3.36. The van der Waals surface area contributed by atoms with Crippen molar-refractivity contribution >= 4 is 27.7 Å². The minimum atomic E-state index is -0.468. The fourth-order valence-corrected chi connectivity index (χ4v) is 1.94. The molecule has 0 saturated heterocycles. The van der Waals surface area contributed by atoms with Gasteiger partial charge in [0.25, 0.3) is 11.8 Å². The normalized spacial score (nSPS) is 9.83. The molecule has 2 N–H and O–H groups in total. The van der Waals surface area contributed by atoms with Crippen molar-refractivity contribution in [3.05, 3.63) is 58.6 Å². The largest absolute Gasteiger partial charge is 0.497 e. The number of amides is 2. The van der Waals surface area contributed by atoms with Crippen molar-refractivity contribution in [3.63, 3.8) is 0 Å². The fraction of sp³-hybridized carbons (Fsp3) is 0.125. The molecular formula is C16H15BrN2O4. The van der Waals surface area contributed by atoms with Gasteiger partial charge in [0, 0.05) is 10.0 Å². The Morgan fingerprint density at radius 1 is 1.04 bits per heavy atom. The van der Waals surface area contributed by atoms with Gasteiger partial charge in [0.05, 0.1) is 7.11 Å². The van der Waals surface area contributed by atoms with Crippen LogP contribution in [0.3, 0.4) is 0 Å². The standard InChI is InChI=1S/C16H15BrN2O4/c1-22-14-4-2-3-11(9-14)16(21)19-18-15(20)10-23-13-7-5-12(17)6-8-13/h2-9H,10H2,1H3,(H,18,20)(H,19,21). The van der Waals surface area contributed by atoms with Gasteiger partial charge >= 0.3 is 0 Å². The summed E-state index contributed by atoms with van der Waals surface area (Å²) in [6, 6.07) is 13.7. The lowest BCUT2D eigenvalue weighted by Crippen LogP contribution is -2.43. The first-order valence-electron chi connectivity index (χ1n) is 6.70. The zero-order chi connectivity index (χ0) is 16.7. The number of hydrazine groups is 1. The molecule has 0 heterocycles. The maximum Gasteiger partial charge on any atom is 0.276 e. The van der Waals surface area contributed by atoms with Crippen LogP contribution in [0.4, 0.5) is 0 Å². The summed E-state index contributed by atoms with van der Waals surface area (Å²) in [4.78, 5) is 23.6. The van der Waals surface area contributed by atoms with Gasteiger partial charge in [-0.1, -0.05) is 22.0 Å². The lowest BCUT2D eigenvalue weighted by molar-refractivity contribution is -0.123. The summed E-state index contributed by atoms with van der Waals surface area (Å²) in [7, 11) is 1.51. The quantitative estimate of drug-likeness (QED) is 0.782. The van der Waals surface area contributed by atoms with Gasteiger partial charge in [0.2, 0.25) is 0 Å². The first kappa shape index (κ1) is 16.8. The zero-order valence-electron chi connectivity index (χ0n) is 12.3. The molecule has 0 aliphatic carbocycles. The van der Waals surface area contributed by atoms with E-state index in [-0.39, 0.29) is 6.61 Å². The van der Waals surface area contributed by atoms with E-state index in [1.165, 1.54) is 7.11 Å². The maximum absolute atomic E-state index is 11.9. The first-order chi connectivity index (χ1) is 11.1. The van der Waals surface area contributed by atoms with E-state index in [1.54, 1.807) is 48.5 Å². The third-order valence-electron chi connectivity index (χ3n) is 2.83. The number of hydrogen-bond acceptors (Lipinski definition) is 4. The number of benzene rings is 2. The maximum atomic E-state index is 11.9. The molecule has 23 heavy (non-hydrogen) atoms. The molecule has 2 aromatic carbocycles. The zero-order valence-corrected chi connectivity index (χ0v) is 13.9. The monoisotopic (exact) mass is 378 g/mol. The topological polar surface area (TPSA) is 76.7 Å². The SMILES string of the molecule is COc1cccc(C(=O)NNC(=O)COc2ccc(Br)cc2)c1. The predicted molar refractivity (Wildman–Crippen MR) is 88.2 cm³/mol. The number of methoxy groups -OCH3 is 1. The number of ether oxygens (including phenoxy) is 2. The van der Waals surface area contributed by atoms with Crippen molar-refractivity contribution in [1.82, 2.24) is 10.9 Å². The molecule has 2 amide bonds. The number of nitrogens with one attached hydrogen (secondary N) is 2. The van der Waals surface area contributed by atoms with Gasteiger partial charge < -0.3 is 9.47 Å². The summed E-state index contributed by atoms with van der Waals surface area (Å²) in [5.74, 6) is 0.204. The Bertz CT molecular complexity index is 689. The van der Waals surface area contributed by atoms with Crippen molar-refractivity contribution in [1.29, 1.82) is 0 Å². The highest BCUT2D eigenvalue weighted by Crippen LogP contribution is 2.15. The Hall–Kier alpha value is -2.54. The number of halogens is 1. The van der Waals surface area contributed by atoms with Gasteiger partial charge in [-0.3, -0.25) is 20.4 Å². The van der Waals surface area contributed by atoms with Gasteiger partial charge in [-0.25, -0.2) is 0 Å². The molecule has 0 aromatic heterocycles. The van der Waals surface area contributed by atoms with E-state index >= 15 is 0 Å². The van der Waals surface area contributed by atoms with Crippen molar-refractivity contribution in [2.24, 2.45) is 0 Å². The predicted octanol–water partition coefficient (Wildman–Crippen LogP) is 2.30. The Morgan fingerprint density at radius 2 is 1.78 bits per heavy atom. The van der Waals surface area contributed by atoms with Gasteiger partial charge in [-0.05, 0) is 42.5 Å². The molecule has 0 saturated carbocycles. The average molecular weight is 379 g/mol. The summed E-state index contributed by atoms with van der Waals surface area (Å²) >= 11 is 3.31. The molecule has 6 nitrogen and oxygen atoms in total. The van der Waals surface area contributed by atoms with Crippen LogP contribution in [0.2, 0.25) is 0 Å². The van der Waals surface area contributed by atoms with Crippen molar-refractivity contribution in [2.45, 2.75) is 0 Å². The van der Waals surface area contributed by atoms with E-state index in [4.69, 9.17) is 9.47 Å². The molecule has 0 unspecified atom stereocenters. The minimum absolute atomic E-state index is 0.208. The van der Waals surface area contributed by atoms with E-state index in [0.29, 0.717) is 17.1 Å². The van der Waals surface area contributed by atoms with Crippen LogP contribution in [0.1, 0.15) is 10.4 Å². The summed E-state index contributed by atoms with van der Waals surface area (Å²) in [5.41, 5.74) is 4.97. The van der Waals surface area contributed by atoms with E-state index < -0.39 is 11.8 Å². The van der Waals surface area contributed by atoms with Crippen LogP contribution in [-0.4, -0.2) is 25.5 Å². The van der Waals surface area contributed by atoms with Gasteiger partial charge in [-0.2, -0.15) is 0 Å².